The van der Waals surface area contributed by atoms with E-state index in [1.54, 1.807) is 24.3 Å². The zero-order valence-electron chi connectivity index (χ0n) is 16.4. The molecule has 0 aromatic heterocycles. The zero-order valence-corrected chi connectivity index (χ0v) is 16.4. The summed E-state index contributed by atoms with van der Waals surface area (Å²) >= 11 is 0. The van der Waals surface area contributed by atoms with Gasteiger partial charge in [-0.05, 0) is 63.1 Å². The van der Waals surface area contributed by atoms with Gasteiger partial charge in [-0.2, -0.15) is 0 Å². The third-order valence-electron chi connectivity index (χ3n) is 4.45. The molecule has 1 heterocycles. The quantitative estimate of drug-likeness (QED) is 0.590. The maximum absolute atomic E-state index is 12.7. The van der Waals surface area contributed by atoms with Gasteiger partial charge < -0.3 is 14.8 Å². The molecule has 0 saturated carbocycles. The number of ether oxygens (including phenoxy) is 2. The smallest absolute Gasteiger partial charge is 0.257 e. The average molecular weight is 381 g/mol. The Morgan fingerprint density at radius 1 is 1.18 bits per heavy atom. The summed E-state index contributed by atoms with van der Waals surface area (Å²) in [6.07, 6.45) is 2.16. The molecule has 2 aromatic carbocycles. The zero-order chi connectivity index (χ0) is 19.8. The molecule has 1 fully saturated rings. The number of nitrogens with zero attached hydrogens (tertiary/aromatic N) is 1. The van der Waals surface area contributed by atoms with Crippen LogP contribution in [0.25, 0.3) is 0 Å². The van der Waals surface area contributed by atoms with E-state index >= 15 is 0 Å². The van der Waals surface area contributed by atoms with E-state index < -0.39 is 0 Å². The number of aliphatic imine (C=N–C) groups is 1. The second kappa shape index (κ2) is 9.90. The topological polar surface area (TPSA) is 72.0 Å². The van der Waals surface area contributed by atoms with Gasteiger partial charge >= 0.3 is 0 Å². The highest BCUT2D eigenvalue weighted by atomic mass is 16.5. The predicted octanol–water partition coefficient (Wildman–Crippen LogP) is 3.77. The fourth-order valence-electron chi connectivity index (χ4n) is 2.91. The molecule has 0 unspecified atom stereocenters. The third kappa shape index (κ3) is 5.82. The number of nitrogens with one attached hydrogen (secondary N) is 2. The standard InChI is InChI=1S/C22H27N3O3/c1-3-27-19-12-8-17(9-13-19)21(26)25-22(23-15-20-5-4-14-28-20)24-18-10-6-16(2)7-11-18/h6-13,20H,3-5,14-15H2,1-2H3,(H2,23,24,25,26)/t20-/m0/s1. The Morgan fingerprint density at radius 3 is 2.57 bits per heavy atom. The number of guanidine groups is 1. The normalized spacial score (nSPS) is 16.6. The highest BCUT2D eigenvalue weighted by molar-refractivity contribution is 6.10. The minimum absolute atomic E-state index is 0.109. The second-order valence-corrected chi connectivity index (χ2v) is 6.73. The van der Waals surface area contributed by atoms with Crippen LogP contribution in [0.2, 0.25) is 0 Å². The minimum Gasteiger partial charge on any atom is -0.494 e. The first-order valence-electron chi connectivity index (χ1n) is 9.68. The van der Waals surface area contributed by atoms with Gasteiger partial charge in [0.2, 0.25) is 5.96 Å². The largest absolute Gasteiger partial charge is 0.494 e. The Hall–Kier alpha value is -2.86. The van der Waals surface area contributed by atoms with Gasteiger partial charge in [-0.15, -0.1) is 0 Å². The molecule has 2 aromatic rings. The summed E-state index contributed by atoms with van der Waals surface area (Å²) in [5.74, 6) is 0.927. The van der Waals surface area contributed by atoms with Crippen LogP contribution in [0.4, 0.5) is 5.69 Å². The Balaban J connectivity index is 1.70. The number of hydrogen-bond donors (Lipinski definition) is 2. The fourth-order valence-corrected chi connectivity index (χ4v) is 2.91. The molecular formula is C22H27N3O3. The lowest BCUT2D eigenvalue weighted by atomic mass is 10.2. The van der Waals surface area contributed by atoms with Crippen molar-refractivity contribution in [1.29, 1.82) is 0 Å². The highest BCUT2D eigenvalue weighted by Crippen LogP contribution is 2.14. The SMILES string of the molecule is CCOc1ccc(C(=O)NC(=NC[C@@H]2CCCO2)Nc2ccc(C)cc2)cc1. The van der Waals surface area contributed by atoms with E-state index in [1.807, 2.05) is 38.1 Å². The number of hydrogen-bond acceptors (Lipinski definition) is 4. The summed E-state index contributed by atoms with van der Waals surface area (Å²) in [6.45, 7) is 5.83. The van der Waals surface area contributed by atoms with Gasteiger partial charge in [0, 0.05) is 17.9 Å². The number of amides is 1. The number of aryl methyl sites for hydroxylation is 1. The second-order valence-electron chi connectivity index (χ2n) is 6.73. The van der Waals surface area contributed by atoms with Crippen LogP contribution in [0.3, 0.4) is 0 Å². The van der Waals surface area contributed by atoms with Crippen molar-refractivity contribution in [2.45, 2.75) is 32.8 Å². The van der Waals surface area contributed by atoms with E-state index in [-0.39, 0.29) is 12.0 Å². The van der Waals surface area contributed by atoms with Crippen LogP contribution in [0.5, 0.6) is 5.75 Å². The van der Waals surface area contributed by atoms with Crippen molar-refractivity contribution >= 4 is 17.6 Å². The highest BCUT2D eigenvalue weighted by Gasteiger charge is 2.16. The predicted molar refractivity (Wildman–Crippen MR) is 111 cm³/mol. The Bertz CT molecular complexity index is 795. The van der Waals surface area contributed by atoms with E-state index in [4.69, 9.17) is 9.47 Å². The molecule has 1 aliphatic rings. The van der Waals surface area contributed by atoms with E-state index in [0.29, 0.717) is 24.7 Å². The van der Waals surface area contributed by atoms with Gasteiger partial charge in [0.25, 0.3) is 5.91 Å². The molecule has 1 saturated heterocycles. The van der Waals surface area contributed by atoms with Crippen LogP contribution < -0.4 is 15.4 Å². The van der Waals surface area contributed by atoms with Crippen molar-refractivity contribution in [3.05, 3.63) is 59.7 Å². The summed E-state index contributed by atoms with van der Waals surface area (Å²) in [5.41, 5.74) is 2.57. The molecule has 0 bridgehead atoms. The molecule has 6 nitrogen and oxygen atoms in total. The fraction of sp³-hybridized carbons (Fsp3) is 0.364. The van der Waals surface area contributed by atoms with Crippen LogP contribution in [0.1, 0.15) is 35.7 Å². The molecular weight excluding hydrogens is 354 g/mol. The van der Waals surface area contributed by atoms with Gasteiger partial charge in [-0.1, -0.05) is 17.7 Å². The molecule has 148 valence electrons. The molecule has 6 heteroatoms. The monoisotopic (exact) mass is 381 g/mol. The van der Waals surface area contributed by atoms with Gasteiger partial charge in [0.1, 0.15) is 5.75 Å². The van der Waals surface area contributed by atoms with Gasteiger partial charge in [0.15, 0.2) is 0 Å². The Kier molecular flexibility index (Phi) is 7.03. The van der Waals surface area contributed by atoms with Crippen molar-refractivity contribution in [1.82, 2.24) is 5.32 Å². The Labute approximate surface area is 166 Å². The van der Waals surface area contributed by atoms with Crippen LogP contribution in [0.15, 0.2) is 53.5 Å². The first-order chi connectivity index (χ1) is 13.6. The summed E-state index contributed by atoms with van der Waals surface area (Å²) in [7, 11) is 0. The van der Waals surface area contributed by atoms with Gasteiger partial charge in [-0.25, -0.2) is 4.99 Å². The molecule has 0 spiro atoms. The average Bonchev–Trinajstić information content (AvgIpc) is 3.22. The number of benzene rings is 2. The van der Waals surface area contributed by atoms with Gasteiger partial charge in [-0.3, -0.25) is 10.1 Å². The molecule has 0 aliphatic carbocycles. The maximum Gasteiger partial charge on any atom is 0.257 e. The van der Waals surface area contributed by atoms with Crippen molar-refractivity contribution in [2.24, 2.45) is 4.99 Å². The number of rotatable bonds is 6. The lowest BCUT2D eigenvalue weighted by molar-refractivity contribution is 0.0975. The summed E-state index contributed by atoms with van der Waals surface area (Å²) in [4.78, 5) is 17.2. The molecule has 28 heavy (non-hydrogen) atoms. The van der Waals surface area contributed by atoms with Crippen molar-refractivity contribution < 1.29 is 14.3 Å². The molecule has 1 amide bonds. The van der Waals surface area contributed by atoms with E-state index in [0.717, 1.165) is 30.9 Å². The van der Waals surface area contributed by atoms with Crippen molar-refractivity contribution in [3.8, 4) is 5.75 Å². The molecule has 0 radical (unpaired) electrons. The molecule has 1 atom stereocenters. The number of carbonyl (C=O) groups excluding carboxylic acids is 1. The molecule has 3 rings (SSSR count). The number of carbonyl (C=O) groups is 1. The molecule has 1 aliphatic heterocycles. The minimum atomic E-state index is -0.228. The third-order valence-corrected chi connectivity index (χ3v) is 4.45. The summed E-state index contributed by atoms with van der Waals surface area (Å²) in [5, 5.41) is 6.08. The van der Waals surface area contributed by atoms with E-state index in [1.165, 1.54) is 5.56 Å². The van der Waals surface area contributed by atoms with Crippen LogP contribution in [0, 0.1) is 6.92 Å². The van der Waals surface area contributed by atoms with Crippen molar-refractivity contribution in [3.63, 3.8) is 0 Å². The molecule has 2 N–H and O–H groups in total. The summed E-state index contributed by atoms with van der Waals surface area (Å²) in [6, 6.07) is 15.0. The Morgan fingerprint density at radius 2 is 1.93 bits per heavy atom. The lowest BCUT2D eigenvalue weighted by Crippen LogP contribution is -2.36. The van der Waals surface area contributed by atoms with Crippen molar-refractivity contribution in [2.75, 3.05) is 25.1 Å². The number of anilines is 1. The van der Waals surface area contributed by atoms with Crippen LogP contribution in [-0.4, -0.2) is 37.7 Å². The van der Waals surface area contributed by atoms with Crippen LogP contribution >= 0.6 is 0 Å². The summed E-state index contributed by atoms with van der Waals surface area (Å²) < 4.78 is 11.1. The van der Waals surface area contributed by atoms with E-state index in [9.17, 15) is 4.79 Å². The first kappa shape index (κ1) is 19.9. The van der Waals surface area contributed by atoms with Crippen LogP contribution in [-0.2, 0) is 4.74 Å². The van der Waals surface area contributed by atoms with E-state index in [2.05, 4.69) is 15.6 Å². The maximum atomic E-state index is 12.7. The van der Waals surface area contributed by atoms with Gasteiger partial charge in [0.05, 0.1) is 19.3 Å². The lowest BCUT2D eigenvalue weighted by Gasteiger charge is -2.14. The first-order valence-corrected chi connectivity index (χ1v) is 9.68.